The Morgan fingerprint density at radius 2 is 1.82 bits per heavy atom. The van der Waals surface area contributed by atoms with Crippen LogP contribution in [0.4, 0.5) is 4.39 Å². The average molecular weight is 448 g/mol. The second kappa shape index (κ2) is 9.54. The van der Waals surface area contributed by atoms with E-state index >= 15 is 0 Å². The highest BCUT2D eigenvalue weighted by atomic mass is 19.1. The van der Waals surface area contributed by atoms with E-state index in [0.29, 0.717) is 24.9 Å². The van der Waals surface area contributed by atoms with E-state index in [1.54, 1.807) is 12.1 Å². The molecule has 170 valence electrons. The van der Waals surface area contributed by atoms with Crippen LogP contribution >= 0.6 is 0 Å². The fourth-order valence-corrected chi connectivity index (χ4v) is 4.30. The minimum atomic E-state index is -0.295. The molecule has 0 saturated carbocycles. The number of aromatic nitrogens is 3. The first-order valence-corrected chi connectivity index (χ1v) is 11.3. The quantitative estimate of drug-likeness (QED) is 0.461. The van der Waals surface area contributed by atoms with Crippen molar-refractivity contribution >= 4 is 16.8 Å². The number of likely N-dealkylation sites (tertiary alicyclic amines) is 1. The van der Waals surface area contributed by atoms with E-state index in [9.17, 15) is 9.18 Å². The lowest BCUT2D eigenvalue weighted by Crippen LogP contribution is -2.29. The molecule has 0 aliphatic carbocycles. The van der Waals surface area contributed by atoms with Gasteiger partial charge in [0.05, 0.1) is 12.1 Å². The Hall–Kier alpha value is -3.52. The topological polar surface area (TPSA) is 76.2 Å². The maximum absolute atomic E-state index is 13.1. The number of hydrogen-bond acceptors (Lipinski definition) is 5. The number of piperidine rings is 1. The first-order valence-electron chi connectivity index (χ1n) is 11.3. The summed E-state index contributed by atoms with van der Waals surface area (Å²) >= 11 is 0. The van der Waals surface area contributed by atoms with Gasteiger partial charge in [-0.3, -0.25) is 9.69 Å². The lowest BCUT2D eigenvalue weighted by molar-refractivity contribution is -0.121. The smallest absolute Gasteiger partial charge is 0.249 e. The third kappa shape index (κ3) is 4.96. The van der Waals surface area contributed by atoms with E-state index in [2.05, 4.69) is 20.4 Å². The number of carbonyl (C=O) groups excluding carboxylic acids is 1. The average Bonchev–Trinajstić information content (AvgIpc) is 3.44. The van der Waals surface area contributed by atoms with Gasteiger partial charge in [0.15, 0.2) is 0 Å². The van der Waals surface area contributed by atoms with Crippen LogP contribution in [-0.4, -0.2) is 38.7 Å². The third-order valence-electron chi connectivity index (χ3n) is 6.01. The second-order valence-corrected chi connectivity index (χ2v) is 8.43. The van der Waals surface area contributed by atoms with Crippen LogP contribution in [0.3, 0.4) is 0 Å². The number of fused-ring (bicyclic) bond motifs is 1. The number of nitrogens with zero attached hydrogens (tertiary/aromatic N) is 4. The zero-order valence-corrected chi connectivity index (χ0v) is 18.3. The van der Waals surface area contributed by atoms with E-state index in [4.69, 9.17) is 4.42 Å². The molecular weight excluding hydrogens is 421 g/mol. The summed E-state index contributed by atoms with van der Waals surface area (Å²) in [5.41, 5.74) is 2.57. The van der Waals surface area contributed by atoms with E-state index < -0.39 is 0 Å². The van der Waals surface area contributed by atoms with Gasteiger partial charge in [0, 0.05) is 23.6 Å². The number of carbonyl (C=O) groups is 1. The molecule has 0 atom stereocenters. The molecule has 5 rings (SSSR count). The first kappa shape index (κ1) is 21.3. The standard InChI is InChI=1S/C25H26FN5O2/c26-19-10-8-18(9-11-19)14-27-23(32)16-31-15-21(20-6-2-3-7-22(20)31)25-29-28-24(33-25)17-30-12-4-1-5-13-30/h2-3,6-11,15H,1,4-5,12-14,16-17H2,(H,27,32). The van der Waals surface area contributed by atoms with Gasteiger partial charge in [0.2, 0.25) is 17.7 Å². The summed E-state index contributed by atoms with van der Waals surface area (Å²) in [4.78, 5) is 14.9. The van der Waals surface area contributed by atoms with Crippen LogP contribution in [0.1, 0.15) is 30.7 Å². The van der Waals surface area contributed by atoms with Gasteiger partial charge >= 0.3 is 0 Å². The molecule has 1 amide bonds. The zero-order valence-electron chi connectivity index (χ0n) is 18.3. The lowest BCUT2D eigenvalue weighted by Gasteiger charge is -2.24. The summed E-state index contributed by atoms with van der Waals surface area (Å²) in [6, 6.07) is 14.0. The van der Waals surface area contributed by atoms with Gasteiger partial charge in [0.25, 0.3) is 0 Å². The Kier molecular flexibility index (Phi) is 6.17. The van der Waals surface area contributed by atoms with Crippen LogP contribution in [0.5, 0.6) is 0 Å². The van der Waals surface area contributed by atoms with Crippen LogP contribution in [0.2, 0.25) is 0 Å². The molecule has 0 radical (unpaired) electrons. The van der Waals surface area contributed by atoms with Crippen molar-refractivity contribution in [2.45, 2.75) is 38.9 Å². The highest BCUT2D eigenvalue weighted by molar-refractivity contribution is 5.94. The van der Waals surface area contributed by atoms with Crippen molar-refractivity contribution in [3.05, 3.63) is 72.0 Å². The number of nitrogens with one attached hydrogen (secondary N) is 1. The van der Waals surface area contributed by atoms with Crippen LogP contribution in [0.15, 0.2) is 59.1 Å². The molecule has 7 nitrogen and oxygen atoms in total. The summed E-state index contributed by atoms with van der Waals surface area (Å²) in [6.07, 6.45) is 5.58. The van der Waals surface area contributed by atoms with Crippen molar-refractivity contribution in [3.8, 4) is 11.5 Å². The summed E-state index contributed by atoms with van der Waals surface area (Å²) in [7, 11) is 0. The molecular formula is C25H26FN5O2. The Bertz CT molecular complexity index is 1240. The molecule has 1 fully saturated rings. The Morgan fingerprint density at radius 3 is 2.64 bits per heavy atom. The molecule has 2 aromatic carbocycles. The third-order valence-corrected chi connectivity index (χ3v) is 6.01. The normalized spacial score (nSPS) is 14.6. The van der Waals surface area contributed by atoms with E-state index in [1.807, 2.05) is 35.0 Å². The van der Waals surface area contributed by atoms with E-state index in [0.717, 1.165) is 35.1 Å². The van der Waals surface area contributed by atoms with Gasteiger partial charge in [-0.25, -0.2) is 4.39 Å². The Morgan fingerprint density at radius 1 is 1.03 bits per heavy atom. The second-order valence-electron chi connectivity index (χ2n) is 8.43. The molecule has 8 heteroatoms. The van der Waals surface area contributed by atoms with Gasteiger partial charge in [-0.05, 0) is 49.7 Å². The molecule has 1 aliphatic heterocycles. The maximum atomic E-state index is 13.1. The number of hydrogen-bond donors (Lipinski definition) is 1. The first-order chi connectivity index (χ1) is 16.2. The molecule has 0 spiro atoms. The van der Waals surface area contributed by atoms with Crippen molar-refractivity contribution in [2.75, 3.05) is 13.1 Å². The SMILES string of the molecule is O=C(Cn1cc(-c2nnc(CN3CCCCC3)o2)c2ccccc21)NCc1ccc(F)cc1. The number of halogens is 1. The molecule has 2 aromatic heterocycles. The predicted molar refractivity (Wildman–Crippen MR) is 123 cm³/mol. The highest BCUT2D eigenvalue weighted by Gasteiger charge is 2.19. The number of para-hydroxylation sites is 1. The van der Waals surface area contributed by atoms with Crippen molar-refractivity contribution in [3.63, 3.8) is 0 Å². The van der Waals surface area contributed by atoms with Gasteiger partial charge in [-0.15, -0.1) is 10.2 Å². The largest absolute Gasteiger partial charge is 0.419 e. The molecule has 33 heavy (non-hydrogen) atoms. The summed E-state index contributed by atoms with van der Waals surface area (Å²) in [5, 5.41) is 12.4. The Balaban J connectivity index is 1.31. The van der Waals surface area contributed by atoms with Crippen molar-refractivity contribution < 1.29 is 13.6 Å². The highest BCUT2D eigenvalue weighted by Crippen LogP contribution is 2.30. The minimum absolute atomic E-state index is 0.136. The summed E-state index contributed by atoms with van der Waals surface area (Å²) in [6.45, 7) is 3.27. The van der Waals surface area contributed by atoms with Gasteiger partial charge in [0.1, 0.15) is 12.4 Å². The monoisotopic (exact) mass is 447 g/mol. The fourth-order valence-electron chi connectivity index (χ4n) is 4.30. The molecule has 0 unspecified atom stereocenters. The minimum Gasteiger partial charge on any atom is -0.419 e. The molecule has 1 saturated heterocycles. The summed E-state index contributed by atoms with van der Waals surface area (Å²) in [5.74, 6) is 0.643. The Labute approximate surface area is 191 Å². The lowest BCUT2D eigenvalue weighted by atomic mass is 10.1. The molecule has 1 N–H and O–H groups in total. The molecule has 4 aromatic rings. The van der Waals surface area contributed by atoms with Gasteiger partial charge in [-0.2, -0.15) is 0 Å². The van der Waals surface area contributed by atoms with Gasteiger partial charge < -0.3 is 14.3 Å². The fraction of sp³-hybridized carbons (Fsp3) is 0.320. The predicted octanol–water partition coefficient (Wildman–Crippen LogP) is 4.13. The van der Waals surface area contributed by atoms with Gasteiger partial charge in [-0.1, -0.05) is 36.8 Å². The van der Waals surface area contributed by atoms with Crippen molar-refractivity contribution in [1.82, 2.24) is 25.0 Å². The van der Waals surface area contributed by atoms with Crippen LogP contribution in [0.25, 0.3) is 22.4 Å². The molecule has 1 aliphatic rings. The van der Waals surface area contributed by atoms with Crippen LogP contribution in [-0.2, 0) is 24.4 Å². The number of rotatable bonds is 7. The molecule has 0 bridgehead atoms. The molecule has 3 heterocycles. The van der Waals surface area contributed by atoms with Crippen molar-refractivity contribution in [2.24, 2.45) is 0 Å². The number of benzene rings is 2. The summed E-state index contributed by atoms with van der Waals surface area (Å²) < 4.78 is 21.0. The van der Waals surface area contributed by atoms with E-state index in [1.165, 1.54) is 31.4 Å². The van der Waals surface area contributed by atoms with Crippen LogP contribution < -0.4 is 5.32 Å². The number of amides is 1. The van der Waals surface area contributed by atoms with Crippen molar-refractivity contribution in [1.29, 1.82) is 0 Å². The van der Waals surface area contributed by atoms with E-state index in [-0.39, 0.29) is 18.3 Å². The van der Waals surface area contributed by atoms with Crippen LogP contribution in [0, 0.1) is 5.82 Å². The zero-order chi connectivity index (χ0) is 22.6. The maximum Gasteiger partial charge on any atom is 0.249 e.